The molecular weight excluding hydrogens is 278 g/mol. The standard InChI is InChI=1S/C17H29N3S/c1-12-10-18-17(8-6-5-7-9-17)11-20(12)14(3)16-13(2)19-15(4)21-16/h12,14,18H,5-11H2,1-4H3. The first kappa shape index (κ1) is 15.4. The third-order valence-electron chi connectivity index (χ3n) is 5.45. The van der Waals surface area contributed by atoms with E-state index in [2.05, 4.69) is 42.9 Å². The van der Waals surface area contributed by atoms with Crippen LogP contribution in [-0.2, 0) is 0 Å². The van der Waals surface area contributed by atoms with Crippen molar-refractivity contribution in [1.29, 1.82) is 0 Å². The van der Waals surface area contributed by atoms with Crippen molar-refractivity contribution in [2.24, 2.45) is 0 Å². The zero-order valence-corrected chi connectivity index (χ0v) is 14.7. The van der Waals surface area contributed by atoms with Gasteiger partial charge >= 0.3 is 0 Å². The Balaban J connectivity index is 1.80. The molecule has 0 aromatic carbocycles. The molecule has 1 aromatic rings. The average molecular weight is 308 g/mol. The molecule has 0 bridgehead atoms. The largest absolute Gasteiger partial charge is 0.308 e. The molecule has 1 N–H and O–H groups in total. The van der Waals surface area contributed by atoms with Crippen LogP contribution in [0.1, 0.15) is 67.6 Å². The van der Waals surface area contributed by atoms with E-state index in [0.717, 1.165) is 6.54 Å². The molecule has 2 fully saturated rings. The first-order valence-electron chi connectivity index (χ1n) is 8.45. The maximum atomic E-state index is 4.63. The lowest BCUT2D eigenvalue weighted by molar-refractivity contribution is 0.0363. The lowest BCUT2D eigenvalue weighted by Crippen LogP contribution is -2.64. The Kier molecular flexibility index (Phi) is 4.40. The molecule has 118 valence electrons. The molecule has 3 nitrogen and oxygen atoms in total. The number of hydrogen-bond acceptors (Lipinski definition) is 4. The van der Waals surface area contributed by atoms with E-state index in [1.165, 1.54) is 54.2 Å². The number of piperazine rings is 1. The van der Waals surface area contributed by atoms with Crippen LogP contribution in [0.4, 0.5) is 0 Å². The first-order valence-corrected chi connectivity index (χ1v) is 9.27. The molecule has 3 rings (SSSR count). The second-order valence-corrected chi connectivity index (χ2v) is 8.34. The van der Waals surface area contributed by atoms with Crippen molar-refractivity contribution in [3.05, 3.63) is 15.6 Å². The lowest BCUT2D eigenvalue weighted by atomic mass is 9.79. The molecule has 1 spiro atoms. The van der Waals surface area contributed by atoms with Gasteiger partial charge in [-0.1, -0.05) is 19.3 Å². The zero-order chi connectivity index (χ0) is 15.0. The average Bonchev–Trinajstić information content (AvgIpc) is 2.81. The Bertz CT molecular complexity index is 490. The summed E-state index contributed by atoms with van der Waals surface area (Å²) in [6.45, 7) is 11.4. The van der Waals surface area contributed by atoms with Gasteiger partial charge in [0.1, 0.15) is 0 Å². The normalized spacial score (nSPS) is 27.9. The fraction of sp³-hybridized carbons (Fsp3) is 0.824. The molecule has 2 heterocycles. The molecule has 1 aromatic heterocycles. The molecule has 1 aliphatic carbocycles. The summed E-state index contributed by atoms with van der Waals surface area (Å²) in [4.78, 5) is 8.82. The monoisotopic (exact) mass is 307 g/mol. The second kappa shape index (κ2) is 5.98. The molecule has 1 saturated heterocycles. The number of rotatable bonds is 2. The van der Waals surface area contributed by atoms with Gasteiger partial charge in [0, 0.05) is 35.6 Å². The Morgan fingerprint density at radius 1 is 1.29 bits per heavy atom. The van der Waals surface area contributed by atoms with Gasteiger partial charge < -0.3 is 5.32 Å². The Hall–Kier alpha value is -0.450. The predicted octanol–water partition coefficient (Wildman–Crippen LogP) is 3.82. The summed E-state index contributed by atoms with van der Waals surface area (Å²) >= 11 is 1.88. The van der Waals surface area contributed by atoms with Crippen LogP contribution >= 0.6 is 11.3 Å². The summed E-state index contributed by atoms with van der Waals surface area (Å²) in [5, 5.41) is 5.09. The van der Waals surface area contributed by atoms with Crippen molar-refractivity contribution in [3.63, 3.8) is 0 Å². The smallest absolute Gasteiger partial charge is 0.0900 e. The van der Waals surface area contributed by atoms with Crippen LogP contribution in [0.25, 0.3) is 0 Å². The topological polar surface area (TPSA) is 28.2 Å². The van der Waals surface area contributed by atoms with E-state index < -0.39 is 0 Å². The summed E-state index contributed by atoms with van der Waals surface area (Å²) in [6, 6.07) is 1.10. The first-order chi connectivity index (χ1) is 10.0. The molecular formula is C17H29N3S. The van der Waals surface area contributed by atoms with E-state index in [-0.39, 0.29) is 0 Å². The van der Waals surface area contributed by atoms with E-state index in [9.17, 15) is 0 Å². The highest BCUT2D eigenvalue weighted by Gasteiger charge is 2.40. The fourth-order valence-corrected chi connectivity index (χ4v) is 5.21. The molecule has 21 heavy (non-hydrogen) atoms. The van der Waals surface area contributed by atoms with Gasteiger partial charge in [0.2, 0.25) is 0 Å². The maximum absolute atomic E-state index is 4.63. The molecule has 0 radical (unpaired) electrons. The van der Waals surface area contributed by atoms with E-state index in [0.29, 0.717) is 17.6 Å². The zero-order valence-electron chi connectivity index (χ0n) is 13.9. The van der Waals surface area contributed by atoms with Crippen LogP contribution in [0.2, 0.25) is 0 Å². The number of aryl methyl sites for hydroxylation is 2. The molecule has 0 amide bonds. The Labute approximate surface area is 133 Å². The molecule has 4 heteroatoms. The van der Waals surface area contributed by atoms with Crippen molar-refractivity contribution >= 4 is 11.3 Å². The van der Waals surface area contributed by atoms with Crippen LogP contribution in [-0.4, -0.2) is 34.6 Å². The molecule has 1 aliphatic heterocycles. The third kappa shape index (κ3) is 3.03. The van der Waals surface area contributed by atoms with Gasteiger partial charge in [-0.2, -0.15) is 0 Å². The van der Waals surface area contributed by atoms with Gasteiger partial charge in [-0.25, -0.2) is 4.98 Å². The molecule has 2 aliphatic rings. The van der Waals surface area contributed by atoms with Crippen molar-refractivity contribution in [1.82, 2.24) is 15.2 Å². The number of thiazole rings is 1. The Morgan fingerprint density at radius 3 is 2.62 bits per heavy atom. The highest BCUT2D eigenvalue weighted by atomic mass is 32.1. The summed E-state index contributed by atoms with van der Waals surface area (Å²) in [5.74, 6) is 0. The van der Waals surface area contributed by atoms with Crippen LogP contribution in [0.5, 0.6) is 0 Å². The SMILES string of the molecule is Cc1nc(C)c(C(C)N2CC3(CCCCC3)NCC2C)s1. The quantitative estimate of drug-likeness (QED) is 0.900. The minimum Gasteiger partial charge on any atom is -0.308 e. The Morgan fingerprint density at radius 2 is 2.00 bits per heavy atom. The van der Waals surface area contributed by atoms with Crippen LogP contribution in [0, 0.1) is 13.8 Å². The fourth-order valence-electron chi connectivity index (χ4n) is 4.21. The highest BCUT2D eigenvalue weighted by molar-refractivity contribution is 7.11. The maximum Gasteiger partial charge on any atom is 0.0900 e. The number of hydrogen-bond donors (Lipinski definition) is 1. The molecule has 2 unspecified atom stereocenters. The van der Waals surface area contributed by atoms with E-state index in [1.807, 2.05) is 11.3 Å². The molecule has 1 saturated carbocycles. The summed E-state index contributed by atoms with van der Waals surface area (Å²) in [7, 11) is 0. The van der Waals surface area contributed by atoms with Gasteiger partial charge in [-0.3, -0.25) is 4.90 Å². The highest BCUT2D eigenvalue weighted by Crippen LogP contribution is 2.37. The minimum atomic E-state index is 0.382. The van der Waals surface area contributed by atoms with Crippen LogP contribution in [0.3, 0.4) is 0 Å². The minimum absolute atomic E-state index is 0.382. The summed E-state index contributed by atoms with van der Waals surface area (Å²) < 4.78 is 0. The van der Waals surface area contributed by atoms with E-state index >= 15 is 0 Å². The number of nitrogens with one attached hydrogen (secondary N) is 1. The van der Waals surface area contributed by atoms with Gasteiger partial charge in [0.15, 0.2) is 0 Å². The molecule has 2 atom stereocenters. The van der Waals surface area contributed by atoms with E-state index in [1.54, 1.807) is 0 Å². The third-order valence-corrected chi connectivity index (χ3v) is 6.69. The van der Waals surface area contributed by atoms with Gasteiger partial charge in [0.25, 0.3) is 0 Å². The summed E-state index contributed by atoms with van der Waals surface area (Å²) in [6.07, 6.45) is 6.90. The van der Waals surface area contributed by atoms with Crippen molar-refractivity contribution in [3.8, 4) is 0 Å². The van der Waals surface area contributed by atoms with Crippen LogP contribution < -0.4 is 5.32 Å². The number of aromatic nitrogens is 1. The van der Waals surface area contributed by atoms with E-state index in [4.69, 9.17) is 0 Å². The van der Waals surface area contributed by atoms with Gasteiger partial charge in [0.05, 0.1) is 10.7 Å². The lowest BCUT2D eigenvalue weighted by Gasteiger charge is -2.50. The second-order valence-electron chi connectivity index (χ2n) is 7.10. The van der Waals surface area contributed by atoms with Gasteiger partial charge in [-0.05, 0) is 40.5 Å². The number of nitrogens with zero attached hydrogens (tertiary/aromatic N) is 2. The van der Waals surface area contributed by atoms with Crippen molar-refractivity contribution in [2.45, 2.75) is 77.4 Å². The summed E-state index contributed by atoms with van der Waals surface area (Å²) in [5.41, 5.74) is 1.61. The van der Waals surface area contributed by atoms with Crippen LogP contribution in [0.15, 0.2) is 0 Å². The van der Waals surface area contributed by atoms with Crippen molar-refractivity contribution in [2.75, 3.05) is 13.1 Å². The van der Waals surface area contributed by atoms with Crippen molar-refractivity contribution < 1.29 is 0 Å². The predicted molar refractivity (Wildman–Crippen MR) is 90.0 cm³/mol. The van der Waals surface area contributed by atoms with Gasteiger partial charge in [-0.15, -0.1) is 11.3 Å².